The fourth-order valence-electron chi connectivity index (χ4n) is 1.02. The quantitative estimate of drug-likeness (QED) is 0.772. The molecule has 1 aromatic rings. The average molecular weight is 194 g/mol. The highest BCUT2D eigenvalue weighted by Crippen LogP contribution is 2.29. The Bertz CT molecular complexity index is 350. The molecule has 1 saturated carbocycles. The van der Waals surface area contributed by atoms with Crippen LogP contribution in [0, 0.1) is 5.92 Å². The molecule has 0 aliphatic heterocycles. The van der Waals surface area contributed by atoms with E-state index in [0.717, 1.165) is 0 Å². The van der Waals surface area contributed by atoms with Crippen molar-refractivity contribution < 1.29 is 14.6 Å². The second-order valence-electron chi connectivity index (χ2n) is 3.34. The lowest BCUT2D eigenvalue weighted by Crippen LogP contribution is -2.04. The Kier molecular flexibility index (Phi) is 2.30. The summed E-state index contributed by atoms with van der Waals surface area (Å²) >= 11 is 0. The van der Waals surface area contributed by atoms with Gasteiger partial charge < -0.3 is 9.84 Å². The molecule has 14 heavy (non-hydrogen) atoms. The van der Waals surface area contributed by atoms with Crippen molar-refractivity contribution in [2.75, 3.05) is 6.61 Å². The molecule has 0 atom stereocenters. The Morgan fingerprint density at radius 1 is 1.64 bits per heavy atom. The van der Waals surface area contributed by atoms with E-state index in [2.05, 4.69) is 10.2 Å². The molecule has 1 aromatic heterocycles. The van der Waals surface area contributed by atoms with Crippen molar-refractivity contribution in [3.63, 3.8) is 0 Å². The molecule has 0 radical (unpaired) electrons. The third kappa shape index (κ3) is 2.18. The minimum atomic E-state index is -1.02. The van der Waals surface area contributed by atoms with Crippen molar-refractivity contribution in [2.45, 2.75) is 12.8 Å². The summed E-state index contributed by atoms with van der Waals surface area (Å²) in [6.07, 6.45) is 3.57. The van der Waals surface area contributed by atoms with Crippen LogP contribution in [0.15, 0.2) is 12.3 Å². The van der Waals surface area contributed by atoms with Gasteiger partial charge in [0.2, 0.25) is 5.88 Å². The Balaban J connectivity index is 2.01. The van der Waals surface area contributed by atoms with Gasteiger partial charge in [0.15, 0.2) is 0 Å². The van der Waals surface area contributed by atoms with E-state index < -0.39 is 5.97 Å². The van der Waals surface area contributed by atoms with E-state index in [1.165, 1.54) is 25.1 Å². The number of rotatable bonds is 4. The monoisotopic (exact) mass is 194 g/mol. The molecule has 0 unspecified atom stereocenters. The van der Waals surface area contributed by atoms with Crippen LogP contribution in [0.4, 0.5) is 0 Å². The lowest BCUT2D eigenvalue weighted by atomic mass is 10.3. The van der Waals surface area contributed by atoms with Gasteiger partial charge in [-0.3, -0.25) is 0 Å². The maximum absolute atomic E-state index is 10.6. The fraction of sp³-hybridized carbons (Fsp3) is 0.444. The number of carbonyl (C=O) groups is 1. The maximum Gasteiger partial charge on any atom is 0.337 e. The van der Waals surface area contributed by atoms with Crippen molar-refractivity contribution in [3.8, 4) is 5.88 Å². The van der Waals surface area contributed by atoms with Gasteiger partial charge >= 0.3 is 5.97 Å². The first-order valence-electron chi connectivity index (χ1n) is 4.44. The van der Waals surface area contributed by atoms with Gasteiger partial charge in [-0.2, -0.15) is 5.10 Å². The molecule has 1 N–H and O–H groups in total. The molecule has 0 bridgehead atoms. The predicted molar refractivity (Wildman–Crippen MR) is 47.2 cm³/mol. The zero-order valence-corrected chi connectivity index (χ0v) is 7.51. The standard InChI is InChI=1S/C9H10N2O3/c12-9(13)7-3-8(11-10-4-7)14-5-6-1-2-6/h3-4,6H,1-2,5H2,(H,12,13). The Morgan fingerprint density at radius 2 is 2.43 bits per heavy atom. The highest BCUT2D eigenvalue weighted by atomic mass is 16.5. The minimum Gasteiger partial charge on any atom is -0.478 e. The first kappa shape index (κ1) is 8.93. The number of nitrogens with zero attached hydrogens (tertiary/aromatic N) is 2. The van der Waals surface area contributed by atoms with Crippen LogP contribution in [0.1, 0.15) is 23.2 Å². The fourth-order valence-corrected chi connectivity index (χ4v) is 1.02. The van der Waals surface area contributed by atoms with Crippen LogP contribution >= 0.6 is 0 Å². The molecule has 0 spiro atoms. The van der Waals surface area contributed by atoms with Crippen LogP contribution in [0.5, 0.6) is 5.88 Å². The number of ether oxygens (including phenoxy) is 1. The summed E-state index contributed by atoms with van der Waals surface area (Å²) in [5.74, 6) is -0.113. The van der Waals surface area contributed by atoms with Gasteiger partial charge in [-0.25, -0.2) is 4.79 Å². The van der Waals surface area contributed by atoms with E-state index in [1.54, 1.807) is 0 Å². The minimum absolute atomic E-state index is 0.103. The van der Waals surface area contributed by atoms with Crippen molar-refractivity contribution >= 4 is 5.97 Å². The van der Waals surface area contributed by atoms with Crippen molar-refractivity contribution in [1.82, 2.24) is 10.2 Å². The van der Waals surface area contributed by atoms with Crippen LogP contribution in [-0.2, 0) is 0 Å². The molecule has 1 aliphatic carbocycles. The van der Waals surface area contributed by atoms with E-state index in [0.29, 0.717) is 12.5 Å². The number of hydrogen-bond acceptors (Lipinski definition) is 4. The molecule has 74 valence electrons. The molecule has 0 amide bonds. The van der Waals surface area contributed by atoms with Crippen molar-refractivity contribution in [3.05, 3.63) is 17.8 Å². The highest BCUT2D eigenvalue weighted by Gasteiger charge is 2.22. The molecule has 1 aliphatic rings. The number of carboxylic acids is 1. The van der Waals surface area contributed by atoms with Gasteiger partial charge in [0, 0.05) is 6.07 Å². The third-order valence-corrected chi connectivity index (χ3v) is 2.04. The maximum atomic E-state index is 10.6. The predicted octanol–water partition coefficient (Wildman–Crippen LogP) is 0.964. The van der Waals surface area contributed by atoms with Crippen LogP contribution in [0.2, 0.25) is 0 Å². The Labute approximate surface area is 80.7 Å². The van der Waals surface area contributed by atoms with Gasteiger partial charge in [-0.15, -0.1) is 5.10 Å². The second kappa shape index (κ2) is 3.61. The van der Waals surface area contributed by atoms with E-state index in [1.807, 2.05) is 0 Å². The second-order valence-corrected chi connectivity index (χ2v) is 3.34. The summed E-state index contributed by atoms with van der Waals surface area (Å²) in [4.78, 5) is 10.6. The molecular weight excluding hydrogens is 184 g/mol. The summed E-state index contributed by atoms with van der Waals surface area (Å²) in [5.41, 5.74) is 0.103. The smallest absolute Gasteiger partial charge is 0.337 e. The molecule has 1 heterocycles. The van der Waals surface area contributed by atoms with Gasteiger partial charge in [0.25, 0.3) is 0 Å². The molecule has 5 heteroatoms. The molecule has 0 aromatic carbocycles. The first-order valence-corrected chi connectivity index (χ1v) is 4.44. The van der Waals surface area contributed by atoms with E-state index in [4.69, 9.17) is 9.84 Å². The lowest BCUT2D eigenvalue weighted by Gasteiger charge is -2.02. The zero-order chi connectivity index (χ0) is 9.97. The summed E-state index contributed by atoms with van der Waals surface area (Å²) in [5, 5.41) is 15.9. The van der Waals surface area contributed by atoms with E-state index in [9.17, 15) is 4.79 Å². The normalized spacial score (nSPS) is 15.1. The number of hydrogen-bond donors (Lipinski definition) is 1. The zero-order valence-electron chi connectivity index (χ0n) is 7.51. The molecule has 0 saturated heterocycles. The topological polar surface area (TPSA) is 72.3 Å². The van der Waals surface area contributed by atoms with Gasteiger partial charge in [-0.05, 0) is 18.8 Å². The van der Waals surface area contributed by atoms with Crippen molar-refractivity contribution in [2.24, 2.45) is 5.92 Å². The lowest BCUT2D eigenvalue weighted by molar-refractivity contribution is 0.0695. The highest BCUT2D eigenvalue weighted by molar-refractivity contribution is 5.87. The van der Waals surface area contributed by atoms with Crippen LogP contribution in [0.25, 0.3) is 0 Å². The summed E-state index contributed by atoms with van der Waals surface area (Å²) in [6, 6.07) is 1.39. The van der Waals surface area contributed by atoms with E-state index >= 15 is 0 Å². The molecule has 2 rings (SSSR count). The summed E-state index contributed by atoms with van der Waals surface area (Å²) in [7, 11) is 0. The summed E-state index contributed by atoms with van der Waals surface area (Å²) in [6.45, 7) is 0.609. The third-order valence-electron chi connectivity index (χ3n) is 2.04. The van der Waals surface area contributed by atoms with Gasteiger partial charge in [-0.1, -0.05) is 0 Å². The number of aromatic carboxylic acids is 1. The molecule has 1 fully saturated rings. The van der Waals surface area contributed by atoms with Gasteiger partial charge in [0.05, 0.1) is 18.4 Å². The van der Waals surface area contributed by atoms with E-state index in [-0.39, 0.29) is 11.4 Å². The first-order chi connectivity index (χ1) is 6.75. The molecular formula is C9H10N2O3. The number of carboxylic acid groups (broad SMARTS) is 1. The SMILES string of the molecule is O=C(O)c1cnnc(OCC2CC2)c1. The van der Waals surface area contributed by atoms with Gasteiger partial charge in [0.1, 0.15) is 0 Å². The Hall–Kier alpha value is -1.65. The molecule has 5 nitrogen and oxygen atoms in total. The summed E-state index contributed by atoms with van der Waals surface area (Å²) < 4.78 is 5.28. The van der Waals surface area contributed by atoms with Crippen LogP contribution < -0.4 is 4.74 Å². The Morgan fingerprint density at radius 3 is 3.07 bits per heavy atom. The van der Waals surface area contributed by atoms with Crippen LogP contribution in [0.3, 0.4) is 0 Å². The number of aromatic nitrogens is 2. The van der Waals surface area contributed by atoms with Crippen molar-refractivity contribution in [1.29, 1.82) is 0 Å². The van der Waals surface area contributed by atoms with Crippen LogP contribution in [-0.4, -0.2) is 27.9 Å². The largest absolute Gasteiger partial charge is 0.478 e. The average Bonchev–Trinajstić information content (AvgIpc) is 2.99.